The number of rotatable bonds is 10. The van der Waals surface area contributed by atoms with E-state index in [1.807, 2.05) is 0 Å². The molecule has 0 spiro atoms. The van der Waals surface area contributed by atoms with Crippen molar-refractivity contribution in [3.05, 3.63) is 152 Å². The number of nitrogens with zero attached hydrogens (tertiary/aromatic N) is 2. The van der Waals surface area contributed by atoms with Crippen LogP contribution in [0.3, 0.4) is 0 Å². The number of hydrogen-bond donors (Lipinski definition) is 2. The van der Waals surface area contributed by atoms with Crippen molar-refractivity contribution >= 4 is 29.3 Å². The van der Waals surface area contributed by atoms with Gasteiger partial charge in [0.05, 0.1) is 21.7 Å². The Morgan fingerprint density at radius 2 is 0.900 bits per heavy atom. The van der Waals surface area contributed by atoms with Gasteiger partial charge >= 0.3 is 0 Å². The van der Waals surface area contributed by atoms with Crippen LogP contribution in [0.25, 0.3) is 12.2 Å². The number of Topliss-reactive ketones (excluding diaryl/α,β-unsaturated/α-hetero) is 1. The monoisotopic (exact) mass is 536 g/mol. The molecule has 4 aromatic rings. The number of phenolic OH excluding ortho intramolecular Hbond substituents is 2. The van der Waals surface area contributed by atoms with E-state index in [2.05, 4.69) is 0 Å². The lowest BCUT2D eigenvalue weighted by atomic mass is 9.82. The first-order valence-corrected chi connectivity index (χ1v) is 12.2. The average Bonchev–Trinajstić information content (AvgIpc) is 2.95. The topological polar surface area (TPSA) is 144 Å². The van der Waals surface area contributed by atoms with Crippen LogP contribution in [0.1, 0.15) is 34.1 Å². The molecule has 2 N–H and O–H groups in total. The maximum Gasteiger partial charge on any atom is 0.269 e. The standard InChI is InChI=1S/C31H24N2O7/c34-27-15-7-23(8-16-27)29(19-5-21-1-11-25(12-2-21)32(37)38)31(36)30(24-9-17-28(35)18-10-24)20-6-22-3-13-26(14-4-22)33(39)40/h1-20,29-30,34-35H/b19-5+,20-6+. The lowest BCUT2D eigenvalue weighted by molar-refractivity contribution is -0.385. The molecule has 9 nitrogen and oxygen atoms in total. The number of phenols is 2. The zero-order valence-corrected chi connectivity index (χ0v) is 21.0. The minimum absolute atomic E-state index is 0.0439. The fourth-order valence-corrected chi connectivity index (χ4v) is 4.13. The number of aromatic hydroxyl groups is 2. The third-order valence-electron chi connectivity index (χ3n) is 6.29. The smallest absolute Gasteiger partial charge is 0.269 e. The summed E-state index contributed by atoms with van der Waals surface area (Å²) in [6, 6.07) is 24.4. The van der Waals surface area contributed by atoms with Crippen LogP contribution in [0, 0.1) is 20.2 Å². The van der Waals surface area contributed by atoms with Gasteiger partial charge in [-0.1, -0.05) is 48.6 Å². The van der Waals surface area contributed by atoms with Crippen molar-refractivity contribution in [1.29, 1.82) is 0 Å². The number of ketones is 1. The summed E-state index contributed by atoms with van der Waals surface area (Å²) >= 11 is 0. The molecular formula is C31H24N2O7. The summed E-state index contributed by atoms with van der Waals surface area (Å²) < 4.78 is 0. The van der Waals surface area contributed by atoms with Gasteiger partial charge in [0.2, 0.25) is 0 Å². The van der Waals surface area contributed by atoms with Crippen LogP contribution in [0.5, 0.6) is 11.5 Å². The molecule has 4 aromatic carbocycles. The Bertz CT molecular complexity index is 1440. The maximum absolute atomic E-state index is 14.1. The molecule has 0 aliphatic rings. The number of non-ortho nitro benzene ring substituents is 2. The number of hydrogen-bond acceptors (Lipinski definition) is 7. The van der Waals surface area contributed by atoms with E-state index in [-0.39, 0.29) is 28.7 Å². The van der Waals surface area contributed by atoms with E-state index >= 15 is 0 Å². The van der Waals surface area contributed by atoms with E-state index in [0.717, 1.165) is 0 Å². The molecule has 0 saturated heterocycles. The Hall–Kier alpha value is -5.57. The first kappa shape index (κ1) is 27.5. The summed E-state index contributed by atoms with van der Waals surface area (Å²) in [6.45, 7) is 0. The van der Waals surface area contributed by atoms with Crippen molar-refractivity contribution in [2.24, 2.45) is 0 Å². The van der Waals surface area contributed by atoms with E-state index in [0.29, 0.717) is 22.3 Å². The molecule has 0 heterocycles. The van der Waals surface area contributed by atoms with E-state index in [1.165, 1.54) is 48.5 Å². The minimum atomic E-state index is -0.767. The van der Waals surface area contributed by atoms with Crippen molar-refractivity contribution in [2.45, 2.75) is 11.8 Å². The van der Waals surface area contributed by atoms with Gasteiger partial charge in [-0.2, -0.15) is 0 Å². The second kappa shape index (κ2) is 12.3. The molecule has 0 saturated carbocycles. The van der Waals surface area contributed by atoms with E-state index in [4.69, 9.17) is 0 Å². The van der Waals surface area contributed by atoms with Crippen LogP contribution < -0.4 is 0 Å². The lowest BCUT2D eigenvalue weighted by Crippen LogP contribution is -2.18. The Kier molecular flexibility index (Phi) is 8.46. The van der Waals surface area contributed by atoms with Crippen molar-refractivity contribution < 1.29 is 24.9 Å². The first-order valence-electron chi connectivity index (χ1n) is 12.2. The van der Waals surface area contributed by atoms with Gasteiger partial charge in [0, 0.05) is 24.3 Å². The highest BCUT2D eigenvalue weighted by Crippen LogP contribution is 2.32. The number of carbonyl (C=O) groups excluding carboxylic acids is 1. The Balaban J connectivity index is 1.73. The van der Waals surface area contributed by atoms with Gasteiger partial charge in [-0.15, -0.1) is 0 Å². The number of carbonyl (C=O) groups is 1. The molecule has 0 fully saturated rings. The van der Waals surface area contributed by atoms with Gasteiger partial charge in [0.1, 0.15) is 11.5 Å². The minimum Gasteiger partial charge on any atom is -0.508 e. The second-order valence-electron chi connectivity index (χ2n) is 8.96. The van der Waals surface area contributed by atoms with Crippen molar-refractivity contribution in [3.63, 3.8) is 0 Å². The van der Waals surface area contributed by atoms with Gasteiger partial charge in [0.25, 0.3) is 11.4 Å². The average molecular weight is 537 g/mol. The Morgan fingerprint density at radius 1 is 0.575 bits per heavy atom. The third-order valence-corrected chi connectivity index (χ3v) is 6.29. The van der Waals surface area contributed by atoms with Crippen LogP contribution in [0.15, 0.2) is 109 Å². The molecule has 0 bridgehead atoms. The molecule has 2 atom stereocenters. The molecule has 0 radical (unpaired) electrons. The van der Waals surface area contributed by atoms with Gasteiger partial charge in [0.15, 0.2) is 5.78 Å². The Labute approximate surface area is 229 Å². The largest absolute Gasteiger partial charge is 0.508 e. The van der Waals surface area contributed by atoms with E-state index in [9.17, 15) is 35.2 Å². The quantitative estimate of drug-likeness (QED) is 0.168. The highest BCUT2D eigenvalue weighted by molar-refractivity contribution is 5.96. The fraction of sp³-hybridized carbons (Fsp3) is 0.0645. The van der Waals surface area contributed by atoms with Crippen molar-refractivity contribution in [3.8, 4) is 11.5 Å². The van der Waals surface area contributed by atoms with E-state index < -0.39 is 21.7 Å². The Morgan fingerprint density at radius 3 is 1.20 bits per heavy atom. The third kappa shape index (κ3) is 6.84. The van der Waals surface area contributed by atoms with Gasteiger partial charge < -0.3 is 10.2 Å². The summed E-state index contributed by atoms with van der Waals surface area (Å²) in [6.07, 6.45) is 6.80. The molecule has 4 rings (SSSR count). The predicted octanol–water partition coefficient (Wildman–Crippen LogP) is 6.78. The molecule has 0 amide bonds. The highest BCUT2D eigenvalue weighted by atomic mass is 16.6. The van der Waals surface area contributed by atoms with Crippen LogP contribution in [-0.2, 0) is 4.79 Å². The normalized spacial score (nSPS) is 12.8. The molecule has 40 heavy (non-hydrogen) atoms. The summed E-state index contributed by atoms with van der Waals surface area (Å²) in [5.74, 6) is -1.66. The van der Waals surface area contributed by atoms with Crippen LogP contribution in [-0.4, -0.2) is 25.8 Å². The van der Waals surface area contributed by atoms with Gasteiger partial charge in [-0.3, -0.25) is 25.0 Å². The number of benzene rings is 4. The van der Waals surface area contributed by atoms with E-state index in [1.54, 1.807) is 72.8 Å². The van der Waals surface area contributed by atoms with Crippen LogP contribution >= 0.6 is 0 Å². The fourth-order valence-electron chi connectivity index (χ4n) is 4.13. The van der Waals surface area contributed by atoms with Gasteiger partial charge in [-0.05, 0) is 70.8 Å². The summed E-state index contributed by atoms with van der Waals surface area (Å²) in [4.78, 5) is 35.1. The summed E-state index contributed by atoms with van der Waals surface area (Å²) in [5, 5.41) is 41.6. The van der Waals surface area contributed by atoms with Crippen molar-refractivity contribution in [1.82, 2.24) is 0 Å². The zero-order valence-electron chi connectivity index (χ0n) is 21.0. The van der Waals surface area contributed by atoms with Crippen LogP contribution in [0.2, 0.25) is 0 Å². The molecule has 0 aliphatic heterocycles. The summed E-state index contributed by atoms with van der Waals surface area (Å²) in [7, 11) is 0. The summed E-state index contributed by atoms with van der Waals surface area (Å²) in [5.41, 5.74) is 2.45. The highest BCUT2D eigenvalue weighted by Gasteiger charge is 2.26. The number of allylic oxidation sites excluding steroid dienone is 2. The SMILES string of the molecule is O=C(C(/C=C/c1ccc([N+](=O)[O-])cc1)c1ccc(O)cc1)C(/C=C/c1ccc([N+](=O)[O-])cc1)c1ccc(O)cc1. The number of nitro groups is 2. The predicted molar refractivity (Wildman–Crippen MR) is 151 cm³/mol. The lowest BCUT2D eigenvalue weighted by Gasteiger charge is -2.19. The number of nitro benzene ring substituents is 2. The second-order valence-corrected chi connectivity index (χ2v) is 8.96. The first-order chi connectivity index (χ1) is 19.2. The van der Waals surface area contributed by atoms with Gasteiger partial charge in [-0.25, -0.2) is 0 Å². The molecule has 9 heteroatoms. The van der Waals surface area contributed by atoms with Crippen LogP contribution in [0.4, 0.5) is 11.4 Å². The molecule has 2 unspecified atom stereocenters. The zero-order chi connectivity index (χ0) is 28.6. The molecule has 0 aliphatic carbocycles. The molecular weight excluding hydrogens is 512 g/mol. The molecule has 0 aromatic heterocycles. The molecule has 200 valence electrons. The van der Waals surface area contributed by atoms with Crippen molar-refractivity contribution in [2.75, 3.05) is 0 Å². The maximum atomic E-state index is 14.1.